The van der Waals surface area contributed by atoms with Crippen LogP contribution in [0.25, 0.3) is 0 Å². The van der Waals surface area contributed by atoms with Crippen molar-refractivity contribution in [1.82, 2.24) is 14.8 Å². The fraction of sp³-hybridized carbons (Fsp3) is 0.320. The van der Waals surface area contributed by atoms with E-state index in [0.717, 1.165) is 17.5 Å². The van der Waals surface area contributed by atoms with Gasteiger partial charge in [0.05, 0.1) is 12.2 Å². The number of aryl methyl sites for hydroxylation is 1. The molecule has 9 heteroatoms. The number of ether oxygens (including phenoxy) is 2. The minimum atomic E-state index is -0.459. The van der Waals surface area contributed by atoms with Crippen LogP contribution in [0.5, 0.6) is 0 Å². The molecule has 1 atom stereocenters. The number of anilines is 1. The van der Waals surface area contributed by atoms with Crippen LogP contribution in [0.4, 0.5) is 5.95 Å². The van der Waals surface area contributed by atoms with Gasteiger partial charge in [-0.15, -0.1) is 5.10 Å². The quantitative estimate of drug-likeness (QED) is 0.245. The molecule has 1 aliphatic heterocycles. The number of hydrogen-bond donors (Lipinski definition) is 1. The topological polar surface area (TPSA) is 78.3 Å². The fourth-order valence-electron chi connectivity index (χ4n) is 3.75. The summed E-state index contributed by atoms with van der Waals surface area (Å²) in [7, 11) is 1.57. The van der Waals surface area contributed by atoms with Crippen molar-refractivity contribution in [2.24, 2.45) is 0 Å². The highest BCUT2D eigenvalue weighted by Crippen LogP contribution is 2.37. The highest BCUT2D eigenvalue weighted by atomic mass is 35.5. The van der Waals surface area contributed by atoms with Crippen molar-refractivity contribution < 1.29 is 14.3 Å². The van der Waals surface area contributed by atoms with Gasteiger partial charge in [-0.05, 0) is 36.1 Å². The van der Waals surface area contributed by atoms with Gasteiger partial charge in [-0.3, -0.25) is 0 Å². The molecule has 0 saturated carbocycles. The van der Waals surface area contributed by atoms with Gasteiger partial charge in [0.25, 0.3) is 0 Å². The Labute approximate surface area is 208 Å². The summed E-state index contributed by atoms with van der Waals surface area (Å²) in [6.07, 6.45) is 0.935. The Bertz CT molecular complexity index is 1190. The van der Waals surface area contributed by atoms with E-state index in [9.17, 15) is 4.79 Å². The molecule has 3 aromatic rings. The van der Waals surface area contributed by atoms with Gasteiger partial charge in [0.15, 0.2) is 0 Å². The normalized spacial score (nSPS) is 15.1. The van der Waals surface area contributed by atoms with E-state index in [4.69, 9.17) is 26.2 Å². The number of carbonyl (C=O) groups is 1. The van der Waals surface area contributed by atoms with E-state index in [1.807, 2.05) is 43.3 Å². The van der Waals surface area contributed by atoms with E-state index < -0.39 is 12.0 Å². The van der Waals surface area contributed by atoms with Gasteiger partial charge < -0.3 is 14.8 Å². The number of fused-ring (bicyclic) bond motifs is 1. The minimum Gasteiger partial charge on any atom is -0.460 e. The lowest BCUT2D eigenvalue weighted by Gasteiger charge is -2.28. The lowest BCUT2D eigenvalue weighted by molar-refractivity contribution is -0.140. The average Bonchev–Trinajstić information content (AvgIpc) is 3.25. The van der Waals surface area contributed by atoms with Crippen LogP contribution in [0.1, 0.15) is 36.6 Å². The van der Waals surface area contributed by atoms with Crippen LogP contribution >= 0.6 is 23.4 Å². The third-order valence-corrected chi connectivity index (χ3v) is 6.85. The molecule has 34 heavy (non-hydrogen) atoms. The van der Waals surface area contributed by atoms with E-state index in [0.29, 0.717) is 39.8 Å². The number of carbonyl (C=O) groups excluding carboxylic acids is 1. The monoisotopic (exact) mass is 498 g/mol. The zero-order valence-corrected chi connectivity index (χ0v) is 20.9. The first-order valence-corrected chi connectivity index (χ1v) is 12.4. The second-order valence-corrected chi connectivity index (χ2v) is 9.18. The Kier molecular flexibility index (Phi) is 7.92. The number of aromatic nitrogens is 3. The first-order chi connectivity index (χ1) is 16.5. The fourth-order valence-corrected chi connectivity index (χ4v) is 4.87. The first kappa shape index (κ1) is 24.3. The second-order valence-electron chi connectivity index (χ2n) is 7.83. The Balaban J connectivity index is 1.66. The summed E-state index contributed by atoms with van der Waals surface area (Å²) in [5.74, 6) is 0.812. The number of esters is 1. The lowest BCUT2D eigenvalue weighted by atomic mass is 9.95. The minimum absolute atomic E-state index is 0.177. The lowest BCUT2D eigenvalue weighted by Crippen LogP contribution is -2.30. The number of halogens is 1. The molecule has 2 aromatic carbocycles. The molecule has 1 N–H and O–H groups in total. The van der Waals surface area contributed by atoms with E-state index in [2.05, 4.69) is 29.4 Å². The molecule has 0 bridgehead atoms. The highest BCUT2D eigenvalue weighted by Gasteiger charge is 2.35. The molecule has 0 radical (unpaired) electrons. The van der Waals surface area contributed by atoms with Crippen LogP contribution in [0.3, 0.4) is 0 Å². The predicted octanol–water partition coefficient (Wildman–Crippen LogP) is 5.26. The maximum Gasteiger partial charge on any atom is 0.338 e. The molecule has 0 aliphatic carbocycles. The molecule has 0 amide bonds. The van der Waals surface area contributed by atoms with Gasteiger partial charge in [-0.1, -0.05) is 72.8 Å². The standard InChI is InChI=1S/C25H27ClN4O3S/c1-4-17-9-11-18(12-10-17)22-21(23(31)33-14-13-32-3)16(2)27-24-28-25(29-30(22)24)34-15-19-7-5-6-8-20(19)26/h5-12,22H,4,13-15H2,1-3H3,(H,27,28,29)/t22-/m0/s1. The van der Waals surface area contributed by atoms with E-state index in [-0.39, 0.29) is 6.61 Å². The van der Waals surface area contributed by atoms with Gasteiger partial charge in [0.2, 0.25) is 11.1 Å². The Morgan fingerprint density at radius 1 is 1.18 bits per heavy atom. The molecule has 0 saturated heterocycles. The molecule has 0 spiro atoms. The van der Waals surface area contributed by atoms with Crippen molar-refractivity contribution in [3.8, 4) is 0 Å². The zero-order chi connectivity index (χ0) is 24.1. The third kappa shape index (κ3) is 5.29. The molecule has 2 heterocycles. The summed E-state index contributed by atoms with van der Waals surface area (Å²) >= 11 is 7.80. The van der Waals surface area contributed by atoms with Gasteiger partial charge in [-0.2, -0.15) is 4.98 Å². The van der Waals surface area contributed by atoms with Crippen molar-refractivity contribution in [1.29, 1.82) is 0 Å². The van der Waals surface area contributed by atoms with Gasteiger partial charge in [0.1, 0.15) is 12.6 Å². The second kappa shape index (κ2) is 11.1. The Hall–Kier alpha value is -2.81. The summed E-state index contributed by atoms with van der Waals surface area (Å²) in [6.45, 7) is 4.48. The van der Waals surface area contributed by atoms with Crippen LogP contribution in [-0.2, 0) is 26.4 Å². The van der Waals surface area contributed by atoms with Crippen LogP contribution in [0, 0.1) is 0 Å². The highest BCUT2D eigenvalue weighted by molar-refractivity contribution is 7.98. The van der Waals surface area contributed by atoms with Crippen LogP contribution in [-0.4, -0.2) is 41.1 Å². The number of hydrogen-bond acceptors (Lipinski definition) is 7. The number of allylic oxidation sites excluding steroid dienone is 1. The van der Waals surface area contributed by atoms with Gasteiger partial charge >= 0.3 is 5.97 Å². The number of methoxy groups -OCH3 is 1. The summed E-state index contributed by atoms with van der Waals surface area (Å²) in [4.78, 5) is 17.8. The van der Waals surface area contributed by atoms with Crippen molar-refractivity contribution in [3.05, 3.63) is 81.5 Å². The van der Waals surface area contributed by atoms with Crippen molar-refractivity contribution in [3.63, 3.8) is 0 Å². The van der Waals surface area contributed by atoms with E-state index >= 15 is 0 Å². The largest absolute Gasteiger partial charge is 0.460 e. The Morgan fingerprint density at radius 3 is 2.65 bits per heavy atom. The summed E-state index contributed by atoms with van der Waals surface area (Å²) in [5, 5.41) is 9.30. The van der Waals surface area contributed by atoms with Gasteiger partial charge in [0, 0.05) is 23.6 Å². The number of nitrogens with one attached hydrogen (secondary N) is 1. The smallest absolute Gasteiger partial charge is 0.338 e. The number of thioether (sulfide) groups is 1. The van der Waals surface area contributed by atoms with Crippen LogP contribution < -0.4 is 5.32 Å². The number of benzene rings is 2. The molecule has 1 aromatic heterocycles. The average molecular weight is 499 g/mol. The number of nitrogens with zero attached hydrogens (tertiary/aromatic N) is 3. The SMILES string of the molecule is CCc1ccc([C@H]2C(C(=O)OCCOC)=C(C)Nc3nc(SCc4ccccc4Cl)nn32)cc1. The van der Waals surface area contributed by atoms with Crippen molar-refractivity contribution in [2.75, 3.05) is 25.6 Å². The third-order valence-electron chi connectivity index (χ3n) is 5.59. The van der Waals surface area contributed by atoms with E-state index in [1.165, 1.54) is 17.3 Å². The maximum absolute atomic E-state index is 13.1. The zero-order valence-electron chi connectivity index (χ0n) is 19.4. The molecule has 7 nitrogen and oxygen atoms in total. The summed E-state index contributed by atoms with van der Waals surface area (Å²) < 4.78 is 12.3. The van der Waals surface area contributed by atoms with Gasteiger partial charge in [-0.25, -0.2) is 9.48 Å². The van der Waals surface area contributed by atoms with Crippen molar-refractivity contribution >= 4 is 35.3 Å². The summed E-state index contributed by atoms with van der Waals surface area (Å²) in [5.41, 5.74) is 4.36. The molecular weight excluding hydrogens is 472 g/mol. The summed E-state index contributed by atoms with van der Waals surface area (Å²) in [6, 6.07) is 15.5. The van der Waals surface area contributed by atoms with Crippen molar-refractivity contribution in [2.45, 2.75) is 37.2 Å². The molecule has 4 rings (SSSR count). The predicted molar refractivity (Wildman–Crippen MR) is 134 cm³/mol. The maximum atomic E-state index is 13.1. The molecule has 0 unspecified atom stereocenters. The van der Waals surface area contributed by atoms with Crippen LogP contribution in [0.2, 0.25) is 5.02 Å². The molecule has 1 aliphatic rings. The molecule has 178 valence electrons. The Morgan fingerprint density at radius 2 is 1.94 bits per heavy atom. The van der Waals surface area contributed by atoms with Crippen LogP contribution in [0.15, 0.2) is 65.0 Å². The molecular formula is C25H27ClN4O3S. The molecule has 0 fully saturated rings. The number of rotatable bonds is 9. The van der Waals surface area contributed by atoms with E-state index in [1.54, 1.807) is 11.8 Å². The first-order valence-electron chi connectivity index (χ1n) is 11.1.